The molecule has 6 heteroatoms. The van der Waals surface area contributed by atoms with Crippen molar-refractivity contribution in [3.05, 3.63) is 29.8 Å². The molecule has 0 saturated heterocycles. The van der Waals surface area contributed by atoms with Gasteiger partial charge in [-0.15, -0.1) is 0 Å². The van der Waals surface area contributed by atoms with Crippen molar-refractivity contribution in [1.29, 1.82) is 0 Å². The Kier molecular flexibility index (Phi) is 29.2. The van der Waals surface area contributed by atoms with E-state index < -0.39 is 0 Å². The third-order valence-electron chi connectivity index (χ3n) is 3.24. The highest BCUT2D eigenvalue weighted by Gasteiger charge is 1.92. The lowest BCUT2D eigenvalue weighted by Crippen LogP contribution is -2.00. The summed E-state index contributed by atoms with van der Waals surface area (Å²) in [6, 6.07) is 8.24. The van der Waals surface area contributed by atoms with E-state index in [4.69, 9.17) is 9.47 Å². The standard InChI is InChI=1S/C10H14O.2C5H10O2.C4H10O/c1-3-9-5-7-10(8-6-9)11-4-2;2*1-3-5(6)7-4-2;1-3-5-4-2/h5-8H,3-4H2,1-2H3;2*3-4H2,1-2H3;3-4H2,1-2H3. The van der Waals surface area contributed by atoms with Crippen molar-refractivity contribution < 1.29 is 28.5 Å². The van der Waals surface area contributed by atoms with Gasteiger partial charge in [-0.3, -0.25) is 9.59 Å². The van der Waals surface area contributed by atoms with Crippen LogP contribution in [0.4, 0.5) is 0 Å². The van der Waals surface area contributed by atoms with E-state index >= 15 is 0 Å². The largest absolute Gasteiger partial charge is 0.494 e. The molecule has 176 valence electrons. The summed E-state index contributed by atoms with van der Waals surface area (Å²) in [5, 5.41) is 0. The van der Waals surface area contributed by atoms with Gasteiger partial charge in [-0.1, -0.05) is 32.9 Å². The maximum atomic E-state index is 10.2. The van der Waals surface area contributed by atoms with Crippen molar-refractivity contribution in [3.8, 4) is 5.75 Å². The normalized spacial score (nSPS) is 8.80. The summed E-state index contributed by atoms with van der Waals surface area (Å²) in [7, 11) is 0. The molecule has 0 unspecified atom stereocenters. The van der Waals surface area contributed by atoms with Gasteiger partial charge in [0.1, 0.15) is 5.75 Å². The molecule has 6 nitrogen and oxygen atoms in total. The quantitative estimate of drug-likeness (QED) is 0.476. The highest BCUT2D eigenvalue weighted by Crippen LogP contribution is 2.11. The first-order chi connectivity index (χ1) is 14.4. The molecule has 1 rings (SSSR count). The first-order valence-corrected chi connectivity index (χ1v) is 11.0. The minimum absolute atomic E-state index is 0.123. The van der Waals surface area contributed by atoms with Crippen LogP contribution in [0.5, 0.6) is 5.75 Å². The zero-order chi connectivity index (χ0) is 23.6. The van der Waals surface area contributed by atoms with Crippen LogP contribution in [0.15, 0.2) is 24.3 Å². The Bertz CT molecular complexity index is 465. The molecular formula is C24H44O6. The molecule has 0 aliphatic carbocycles. The smallest absolute Gasteiger partial charge is 0.305 e. The molecule has 1 aromatic rings. The van der Waals surface area contributed by atoms with Gasteiger partial charge in [-0.25, -0.2) is 0 Å². The number of esters is 2. The van der Waals surface area contributed by atoms with Crippen LogP contribution in [0.25, 0.3) is 0 Å². The fourth-order valence-corrected chi connectivity index (χ4v) is 1.72. The number of benzene rings is 1. The maximum Gasteiger partial charge on any atom is 0.305 e. The predicted octanol–water partition coefficient (Wildman–Crippen LogP) is 5.61. The Morgan fingerprint density at radius 1 is 0.633 bits per heavy atom. The van der Waals surface area contributed by atoms with Gasteiger partial charge in [0, 0.05) is 26.1 Å². The SMILES string of the molecule is CCOC(=O)CC.CCOC(=O)CC.CCOCC.CCOc1ccc(CC)cc1. The first-order valence-electron chi connectivity index (χ1n) is 11.0. The predicted molar refractivity (Wildman–Crippen MR) is 123 cm³/mol. The summed E-state index contributed by atoms with van der Waals surface area (Å²) in [6.07, 6.45) is 2.05. The van der Waals surface area contributed by atoms with Crippen LogP contribution >= 0.6 is 0 Å². The summed E-state index contributed by atoms with van der Waals surface area (Å²) >= 11 is 0. The van der Waals surface area contributed by atoms with Crippen LogP contribution in [0, 0.1) is 0 Å². The topological polar surface area (TPSA) is 71.1 Å². The lowest BCUT2D eigenvalue weighted by atomic mass is 10.2. The van der Waals surface area contributed by atoms with Crippen LogP contribution < -0.4 is 4.74 Å². The van der Waals surface area contributed by atoms with Gasteiger partial charge in [0.2, 0.25) is 0 Å². The highest BCUT2D eigenvalue weighted by atomic mass is 16.5. The van der Waals surface area contributed by atoms with Crippen LogP contribution in [0.3, 0.4) is 0 Å². The van der Waals surface area contributed by atoms with Crippen LogP contribution in [0.1, 0.15) is 73.8 Å². The molecule has 0 N–H and O–H groups in total. The minimum atomic E-state index is -0.123. The zero-order valence-electron chi connectivity index (χ0n) is 20.4. The Balaban J connectivity index is -0.000000340. The second-order valence-electron chi connectivity index (χ2n) is 5.53. The van der Waals surface area contributed by atoms with Crippen LogP contribution in [0.2, 0.25) is 0 Å². The average Bonchev–Trinajstić information content (AvgIpc) is 2.76. The molecule has 0 aliphatic heterocycles. The molecule has 0 heterocycles. The summed E-state index contributed by atoms with van der Waals surface area (Å²) < 4.78 is 19.2. The fraction of sp³-hybridized carbons (Fsp3) is 0.667. The molecule has 0 fully saturated rings. The van der Waals surface area contributed by atoms with Gasteiger partial charge in [0.25, 0.3) is 0 Å². The second kappa shape index (κ2) is 26.9. The monoisotopic (exact) mass is 428 g/mol. The van der Waals surface area contributed by atoms with Crippen LogP contribution in [-0.2, 0) is 30.2 Å². The van der Waals surface area contributed by atoms with E-state index in [2.05, 4.69) is 28.5 Å². The second-order valence-corrected chi connectivity index (χ2v) is 5.53. The van der Waals surface area contributed by atoms with Gasteiger partial charge < -0.3 is 18.9 Å². The number of rotatable bonds is 9. The Hall–Kier alpha value is -2.08. The van der Waals surface area contributed by atoms with Gasteiger partial charge in [0.05, 0.1) is 19.8 Å². The van der Waals surface area contributed by atoms with Gasteiger partial charge in [-0.2, -0.15) is 0 Å². The molecule has 1 aromatic carbocycles. The number of carbonyl (C=O) groups excluding carboxylic acids is 2. The molecule has 0 amide bonds. The van der Waals surface area contributed by atoms with E-state index in [1.807, 2.05) is 32.9 Å². The van der Waals surface area contributed by atoms with Gasteiger partial charge in [0.15, 0.2) is 0 Å². The van der Waals surface area contributed by atoms with E-state index in [0.717, 1.165) is 32.0 Å². The maximum absolute atomic E-state index is 10.2. The molecule has 0 aromatic heterocycles. The van der Waals surface area contributed by atoms with E-state index in [-0.39, 0.29) is 11.9 Å². The lowest BCUT2D eigenvalue weighted by Gasteiger charge is -2.02. The van der Waals surface area contributed by atoms with Gasteiger partial charge in [-0.05, 0) is 58.7 Å². The number of carbonyl (C=O) groups is 2. The highest BCUT2D eigenvalue weighted by molar-refractivity contribution is 5.69. The first kappa shape index (κ1) is 32.6. The minimum Gasteiger partial charge on any atom is -0.494 e. The molecule has 0 radical (unpaired) electrons. The van der Waals surface area contributed by atoms with Crippen molar-refractivity contribution in [2.24, 2.45) is 0 Å². The molecule has 0 spiro atoms. The molecular weight excluding hydrogens is 384 g/mol. The van der Waals surface area contributed by atoms with Crippen molar-refractivity contribution in [3.63, 3.8) is 0 Å². The summed E-state index contributed by atoms with van der Waals surface area (Å²) in [4.78, 5) is 20.4. The fourth-order valence-electron chi connectivity index (χ4n) is 1.72. The zero-order valence-corrected chi connectivity index (χ0v) is 20.4. The van der Waals surface area contributed by atoms with Gasteiger partial charge >= 0.3 is 11.9 Å². The van der Waals surface area contributed by atoms with E-state index in [0.29, 0.717) is 26.1 Å². The van der Waals surface area contributed by atoms with E-state index in [1.54, 1.807) is 27.7 Å². The van der Waals surface area contributed by atoms with Crippen molar-refractivity contribution >= 4 is 11.9 Å². The number of aryl methyl sites for hydroxylation is 1. The average molecular weight is 429 g/mol. The summed E-state index contributed by atoms with van der Waals surface area (Å²) in [6.45, 7) is 18.7. The van der Waals surface area contributed by atoms with Crippen molar-refractivity contribution in [1.82, 2.24) is 0 Å². The summed E-state index contributed by atoms with van der Waals surface area (Å²) in [5.74, 6) is 0.717. The molecule has 0 saturated carbocycles. The Morgan fingerprint density at radius 2 is 1.07 bits per heavy atom. The lowest BCUT2D eigenvalue weighted by molar-refractivity contribution is -0.143. The Labute approximate surface area is 184 Å². The van der Waals surface area contributed by atoms with Crippen molar-refractivity contribution in [2.45, 2.75) is 74.7 Å². The molecule has 0 aliphatic rings. The Morgan fingerprint density at radius 3 is 1.27 bits per heavy atom. The number of hydrogen-bond acceptors (Lipinski definition) is 6. The third kappa shape index (κ3) is 25.9. The third-order valence-corrected chi connectivity index (χ3v) is 3.24. The van der Waals surface area contributed by atoms with Crippen molar-refractivity contribution in [2.75, 3.05) is 33.0 Å². The summed E-state index contributed by atoms with van der Waals surface area (Å²) in [5.41, 5.74) is 1.36. The molecule has 0 bridgehead atoms. The number of hydrogen-bond donors (Lipinski definition) is 0. The molecule has 0 atom stereocenters. The van der Waals surface area contributed by atoms with E-state index in [1.165, 1.54) is 5.56 Å². The number of ether oxygens (including phenoxy) is 4. The van der Waals surface area contributed by atoms with Crippen LogP contribution in [-0.4, -0.2) is 45.0 Å². The van der Waals surface area contributed by atoms with E-state index in [9.17, 15) is 9.59 Å². The molecule has 30 heavy (non-hydrogen) atoms.